The molecule has 0 aliphatic carbocycles. The first kappa shape index (κ1) is 19.9. The molecule has 2 N–H and O–H groups in total. The molecule has 0 aliphatic rings. The Morgan fingerprint density at radius 3 is 1.10 bits per heavy atom. The van der Waals surface area contributed by atoms with E-state index in [0.29, 0.717) is 0 Å². The van der Waals surface area contributed by atoms with Crippen molar-refractivity contribution in [3.8, 4) is 0 Å². The van der Waals surface area contributed by atoms with Crippen LogP contribution in [0.3, 0.4) is 0 Å². The van der Waals surface area contributed by atoms with E-state index in [-0.39, 0.29) is 12.2 Å². The highest BCUT2D eigenvalue weighted by molar-refractivity contribution is 4.59. The molecular formula is C18H38O2. The molecule has 2 nitrogen and oxygen atoms in total. The molecule has 0 saturated carbocycles. The van der Waals surface area contributed by atoms with Gasteiger partial charge in [0.1, 0.15) is 0 Å². The van der Waals surface area contributed by atoms with E-state index in [1.807, 2.05) is 0 Å². The summed E-state index contributed by atoms with van der Waals surface area (Å²) >= 11 is 0. The van der Waals surface area contributed by atoms with Crippen LogP contribution in [0.4, 0.5) is 0 Å². The van der Waals surface area contributed by atoms with Crippen LogP contribution < -0.4 is 0 Å². The summed E-state index contributed by atoms with van der Waals surface area (Å²) in [6.07, 6.45) is 15.7. The molecule has 0 aliphatic heterocycles. The standard InChI is InChI=1S/C18H38O2/c1-3-5-9-13-17(19)15-11-7-8-12-16-18(20)14-10-6-4-2/h17-20H,3-16H2,1-2H3. The fraction of sp³-hybridized carbons (Fsp3) is 1.00. The summed E-state index contributed by atoms with van der Waals surface area (Å²) in [4.78, 5) is 0. The van der Waals surface area contributed by atoms with Crippen LogP contribution in [0.5, 0.6) is 0 Å². The van der Waals surface area contributed by atoms with E-state index in [0.717, 1.165) is 38.5 Å². The first-order chi connectivity index (χ1) is 9.70. The zero-order valence-corrected chi connectivity index (χ0v) is 13.9. The Hall–Kier alpha value is -0.0800. The van der Waals surface area contributed by atoms with Gasteiger partial charge in [-0.3, -0.25) is 0 Å². The van der Waals surface area contributed by atoms with Crippen LogP contribution in [-0.4, -0.2) is 22.4 Å². The van der Waals surface area contributed by atoms with E-state index in [4.69, 9.17) is 0 Å². The van der Waals surface area contributed by atoms with E-state index in [1.54, 1.807) is 0 Å². The summed E-state index contributed by atoms with van der Waals surface area (Å²) in [6.45, 7) is 4.39. The average Bonchev–Trinajstić information content (AvgIpc) is 2.43. The highest BCUT2D eigenvalue weighted by atomic mass is 16.3. The minimum atomic E-state index is -0.0822. The van der Waals surface area contributed by atoms with Crippen molar-refractivity contribution in [3.63, 3.8) is 0 Å². The van der Waals surface area contributed by atoms with Crippen LogP contribution >= 0.6 is 0 Å². The maximum atomic E-state index is 9.80. The van der Waals surface area contributed by atoms with Crippen molar-refractivity contribution in [1.29, 1.82) is 0 Å². The molecule has 0 bridgehead atoms. The van der Waals surface area contributed by atoms with E-state index in [2.05, 4.69) is 13.8 Å². The molecule has 0 heterocycles. The zero-order chi connectivity index (χ0) is 15.1. The minimum absolute atomic E-state index is 0.0822. The van der Waals surface area contributed by atoms with Gasteiger partial charge in [-0.25, -0.2) is 0 Å². The van der Waals surface area contributed by atoms with Crippen LogP contribution in [0.1, 0.15) is 104 Å². The second kappa shape index (κ2) is 15.3. The van der Waals surface area contributed by atoms with Crippen LogP contribution in [0.15, 0.2) is 0 Å². The average molecular weight is 286 g/mol. The number of rotatable bonds is 15. The van der Waals surface area contributed by atoms with E-state index < -0.39 is 0 Å². The van der Waals surface area contributed by atoms with Gasteiger partial charge in [0.05, 0.1) is 12.2 Å². The Balaban J connectivity index is 3.22. The molecule has 0 spiro atoms. The number of hydrogen-bond acceptors (Lipinski definition) is 2. The number of aliphatic hydroxyl groups excluding tert-OH is 2. The molecule has 0 saturated heterocycles. The molecule has 2 unspecified atom stereocenters. The number of hydrogen-bond donors (Lipinski definition) is 2. The third-order valence-corrected chi connectivity index (χ3v) is 4.11. The molecule has 2 heteroatoms. The Bertz CT molecular complexity index is 162. The fourth-order valence-electron chi connectivity index (χ4n) is 2.66. The maximum absolute atomic E-state index is 9.80. The topological polar surface area (TPSA) is 40.5 Å². The molecule has 0 aromatic rings. The molecule has 122 valence electrons. The lowest BCUT2D eigenvalue weighted by atomic mass is 10.0. The summed E-state index contributed by atoms with van der Waals surface area (Å²) in [5, 5.41) is 19.6. The second-order valence-electron chi connectivity index (χ2n) is 6.29. The van der Waals surface area contributed by atoms with Crippen molar-refractivity contribution in [2.24, 2.45) is 0 Å². The van der Waals surface area contributed by atoms with Gasteiger partial charge < -0.3 is 10.2 Å². The van der Waals surface area contributed by atoms with Crippen molar-refractivity contribution in [1.82, 2.24) is 0 Å². The van der Waals surface area contributed by atoms with Gasteiger partial charge in [-0.15, -0.1) is 0 Å². The highest BCUT2D eigenvalue weighted by Crippen LogP contribution is 2.14. The molecule has 20 heavy (non-hydrogen) atoms. The number of aliphatic hydroxyl groups is 2. The molecule has 0 aromatic carbocycles. The Labute approximate surface area is 127 Å². The van der Waals surface area contributed by atoms with Crippen molar-refractivity contribution in [3.05, 3.63) is 0 Å². The SMILES string of the molecule is CCCCCC(O)CCCCCCC(O)CCCCC. The normalized spacial score (nSPS) is 14.4. The minimum Gasteiger partial charge on any atom is -0.393 e. The second-order valence-corrected chi connectivity index (χ2v) is 6.29. The largest absolute Gasteiger partial charge is 0.393 e. The van der Waals surface area contributed by atoms with E-state index >= 15 is 0 Å². The van der Waals surface area contributed by atoms with Gasteiger partial charge >= 0.3 is 0 Å². The Kier molecular flexibility index (Phi) is 15.3. The summed E-state index contributed by atoms with van der Waals surface area (Å²) < 4.78 is 0. The summed E-state index contributed by atoms with van der Waals surface area (Å²) in [6, 6.07) is 0. The van der Waals surface area contributed by atoms with Gasteiger partial charge in [-0.1, -0.05) is 78.1 Å². The Morgan fingerprint density at radius 2 is 0.800 bits per heavy atom. The van der Waals surface area contributed by atoms with Crippen molar-refractivity contribution in [2.45, 2.75) is 116 Å². The molecule has 0 radical (unpaired) electrons. The summed E-state index contributed by atoms with van der Waals surface area (Å²) in [5.41, 5.74) is 0. The summed E-state index contributed by atoms with van der Waals surface area (Å²) in [7, 11) is 0. The van der Waals surface area contributed by atoms with Crippen molar-refractivity contribution < 1.29 is 10.2 Å². The van der Waals surface area contributed by atoms with Gasteiger partial charge in [0.2, 0.25) is 0 Å². The van der Waals surface area contributed by atoms with Gasteiger partial charge in [-0.2, -0.15) is 0 Å². The van der Waals surface area contributed by atoms with Crippen molar-refractivity contribution >= 4 is 0 Å². The van der Waals surface area contributed by atoms with E-state index in [9.17, 15) is 10.2 Å². The van der Waals surface area contributed by atoms with E-state index in [1.165, 1.54) is 51.4 Å². The first-order valence-corrected chi connectivity index (χ1v) is 9.06. The maximum Gasteiger partial charge on any atom is 0.0540 e. The molecule has 0 fully saturated rings. The first-order valence-electron chi connectivity index (χ1n) is 9.06. The number of unbranched alkanes of at least 4 members (excludes halogenated alkanes) is 7. The quantitative estimate of drug-likeness (QED) is 0.406. The predicted octanol–water partition coefficient (Wildman–Crippen LogP) is 5.21. The Morgan fingerprint density at radius 1 is 0.500 bits per heavy atom. The van der Waals surface area contributed by atoms with Gasteiger partial charge in [0, 0.05) is 0 Å². The lowest BCUT2D eigenvalue weighted by Gasteiger charge is -2.11. The monoisotopic (exact) mass is 286 g/mol. The molecule has 0 aromatic heterocycles. The van der Waals surface area contributed by atoms with Crippen LogP contribution in [0.25, 0.3) is 0 Å². The predicted molar refractivity (Wildman–Crippen MR) is 88.0 cm³/mol. The molecule has 2 atom stereocenters. The zero-order valence-electron chi connectivity index (χ0n) is 13.9. The van der Waals surface area contributed by atoms with Gasteiger partial charge in [0.15, 0.2) is 0 Å². The fourth-order valence-corrected chi connectivity index (χ4v) is 2.66. The van der Waals surface area contributed by atoms with Gasteiger partial charge in [-0.05, 0) is 25.7 Å². The van der Waals surface area contributed by atoms with Gasteiger partial charge in [0.25, 0.3) is 0 Å². The third-order valence-electron chi connectivity index (χ3n) is 4.11. The smallest absolute Gasteiger partial charge is 0.0540 e. The molecular weight excluding hydrogens is 248 g/mol. The molecule has 0 rings (SSSR count). The van der Waals surface area contributed by atoms with Crippen LogP contribution in [-0.2, 0) is 0 Å². The van der Waals surface area contributed by atoms with Crippen molar-refractivity contribution in [2.75, 3.05) is 0 Å². The molecule has 0 amide bonds. The lowest BCUT2D eigenvalue weighted by Crippen LogP contribution is -2.07. The van der Waals surface area contributed by atoms with Crippen LogP contribution in [0, 0.1) is 0 Å². The highest BCUT2D eigenvalue weighted by Gasteiger charge is 2.05. The lowest BCUT2D eigenvalue weighted by molar-refractivity contribution is 0.142. The third kappa shape index (κ3) is 14.3. The summed E-state index contributed by atoms with van der Waals surface area (Å²) in [5.74, 6) is 0. The van der Waals surface area contributed by atoms with Crippen LogP contribution in [0.2, 0.25) is 0 Å².